The number of amides is 2. The number of fused-ring (bicyclic) bond motifs is 1. The summed E-state index contributed by atoms with van der Waals surface area (Å²) in [5.74, 6) is -1.01. The van der Waals surface area contributed by atoms with Gasteiger partial charge in [0.2, 0.25) is 0 Å². The third-order valence-corrected chi connectivity index (χ3v) is 6.88. The summed E-state index contributed by atoms with van der Waals surface area (Å²) in [6.07, 6.45) is -2.03. The predicted octanol–water partition coefficient (Wildman–Crippen LogP) is 4.16. The van der Waals surface area contributed by atoms with E-state index in [1.807, 2.05) is 0 Å². The highest BCUT2D eigenvalue weighted by Crippen LogP contribution is 2.36. The van der Waals surface area contributed by atoms with Gasteiger partial charge in [-0.15, -0.1) is 0 Å². The molecule has 2 aromatic carbocycles. The van der Waals surface area contributed by atoms with Crippen molar-refractivity contribution >= 4 is 29.2 Å². The second-order valence-corrected chi connectivity index (χ2v) is 9.55. The second kappa shape index (κ2) is 11.4. The first-order valence-electron chi connectivity index (χ1n) is 12.6. The van der Waals surface area contributed by atoms with Crippen molar-refractivity contribution in [1.82, 2.24) is 9.80 Å². The summed E-state index contributed by atoms with van der Waals surface area (Å²) in [6.45, 7) is 3.72. The zero-order chi connectivity index (χ0) is 27.4. The molecule has 2 amide bonds. The van der Waals surface area contributed by atoms with Gasteiger partial charge in [-0.2, -0.15) is 13.2 Å². The number of nitrogens with zero attached hydrogens (tertiary/aromatic N) is 3. The minimum atomic E-state index is -4.59. The Kier molecular flexibility index (Phi) is 8.25. The van der Waals surface area contributed by atoms with Crippen LogP contribution >= 0.6 is 0 Å². The molecule has 4 rings (SSSR count). The van der Waals surface area contributed by atoms with Crippen LogP contribution < -0.4 is 10.6 Å². The number of piperazine rings is 1. The van der Waals surface area contributed by atoms with Gasteiger partial charge < -0.3 is 15.4 Å². The number of imide groups is 1. The minimum Gasteiger partial charge on any atom is -0.440 e. The van der Waals surface area contributed by atoms with Gasteiger partial charge in [0.15, 0.2) is 6.23 Å². The van der Waals surface area contributed by atoms with E-state index in [1.165, 1.54) is 24.0 Å². The summed E-state index contributed by atoms with van der Waals surface area (Å²) in [6, 6.07) is 10.5. The summed E-state index contributed by atoms with van der Waals surface area (Å²) in [4.78, 5) is 41.7. The highest BCUT2D eigenvalue weighted by Gasteiger charge is 2.36. The predicted molar refractivity (Wildman–Crippen MR) is 135 cm³/mol. The first kappa shape index (κ1) is 27.4. The van der Waals surface area contributed by atoms with Crippen molar-refractivity contribution in [2.45, 2.75) is 45.0 Å². The molecular formula is C27H31F3N4O4. The lowest BCUT2D eigenvalue weighted by atomic mass is 10.1. The number of unbranched alkanes of at least 4 members (excludes halogenated alkanes) is 3. The first-order valence-corrected chi connectivity index (χ1v) is 12.6. The first-order chi connectivity index (χ1) is 18.1. The molecule has 1 fully saturated rings. The van der Waals surface area contributed by atoms with Crippen LogP contribution in [0.5, 0.6) is 0 Å². The Morgan fingerprint density at radius 3 is 2.21 bits per heavy atom. The number of hydrogen-bond donors (Lipinski definition) is 1. The van der Waals surface area contributed by atoms with Crippen molar-refractivity contribution in [3.8, 4) is 0 Å². The zero-order valence-corrected chi connectivity index (χ0v) is 21.2. The van der Waals surface area contributed by atoms with Crippen LogP contribution in [0.15, 0.2) is 42.5 Å². The maximum atomic E-state index is 13.4. The number of carbonyl (C=O) groups is 3. The Hall–Kier alpha value is -3.60. The molecule has 0 saturated carbocycles. The standard InChI is InChI=1S/C27H31F3N4O4/c1-18(35)38-24-17-32(14-15-33(24)19-10-11-23(31)22(16-19)27(28,29)30)12-6-2-3-7-13-34-25(36)20-8-4-5-9-21(20)26(34)37/h4-5,8-11,16,24H,2-3,6-7,12-15,17,31H2,1H3. The molecule has 0 radical (unpaired) electrons. The van der Waals surface area contributed by atoms with E-state index < -0.39 is 23.9 Å². The number of ether oxygens (including phenoxy) is 1. The molecule has 0 bridgehead atoms. The van der Waals surface area contributed by atoms with Crippen molar-refractivity contribution in [2.24, 2.45) is 0 Å². The molecule has 2 aromatic rings. The molecule has 1 unspecified atom stereocenters. The average Bonchev–Trinajstić information content (AvgIpc) is 3.10. The quantitative estimate of drug-likeness (QED) is 0.224. The van der Waals surface area contributed by atoms with Gasteiger partial charge in [0.25, 0.3) is 11.8 Å². The molecule has 2 N–H and O–H groups in total. The molecule has 11 heteroatoms. The Morgan fingerprint density at radius 1 is 0.974 bits per heavy atom. The summed E-state index contributed by atoms with van der Waals surface area (Å²) in [5.41, 5.74) is 5.46. The summed E-state index contributed by atoms with van der Waals surface area (Å²) < 4.78 is 45.5. The highest BCUT2D eigenvalue weighted by molar-refractivity contribution is 6.21. The minimum absolute atomic E-state index is 0.247. The topological polar surface area (TPSA) is 96.2 Å². The molecule has 2 aliphatic heterocycles. The number of benzene rings is 2. The van der Waals surface area contributed by atoms with E-state index in [9.17, 15) is 27.6 Å². The Labute approximate surface area is 219 Å². The maximum Gasteiger partial charge on any atom is 0.418 e. The number of rotatable bonds is 9. The maximum absolute atomic E-state index is 13.4. The van der Waals surface area contributed by atoms with E-state index in [0.29, 0.717) is 49.4 Å². The van der Waals surface area contributed by atoms with Gasteiger partial charge in [0.05, 0.1) is 23.2 Å². The van der Waals surface area contributed by atoms with Crippen molar-refractivity contribution in [3.63, 3.8) is 0 Å². The number of halogens is 3. The molecule has 204 valence electrons. The normalized spacial score (nSPS) is 18.2. The Bertz CT molecular complexity index is 1170. The molecule has 1 atom stereocenters. The Morgan fingerprint density at radius 2 is 1.61 bits per heavy atom. The van der Waals surface area contributed by atoms with E-state index in [2.05, 4.69) is 4.90 Å². The van der Waals surface area contributed by atoms with E-state index in [1.54, 1.807) is 29.2 Å². The van der Waals surface area contributed by atoms with Crippen LogP contribution in [-0.4, -0.2) is 66.5 Å². The molecule has 8 nitrogen and oxygen atoms in total. The fraction of sp³-hybridized carbons (Fsp3) is 0.444. The summed E-state index contributed by atoms with van der Waals surface area (Å²) >= 11 is 0. The number of anilines is 2. The third-order valence-electron chi connectivity index (χ3n) is 6.88. The number of carbonyl (C=O) groups excluding carboxylic acids is 3. The van der Waals surface area contributed by atoms with Crippen LogP contribution in [0.2, 0.25) is 0 Å². The zero-order valence-electron chi connectivity index (χ0n) is 21.2. The molecule has 0 spiro atoms. The van der Waals surface area contributed by atoms with Gasteiger partial charge in [-0.25, -0.2) is 0 Å². The SMILES string of the molecule is CC(=O)OC1CN(CCCCCCN2C(=O)c3ccccc3C2=O)CCN1c1ccc(N)c(C(F)(F)F)c1. The van der Waals surface area contributed by atoms with Gasteiger partial charge in [-0.3, -0.25) is 24.2 Å². The largest absolute Gasteiger partial charge is 0.440 e. The van der Waals surface area contributed by atoms with E-state index in [-0.39, 0.29) is 17.5 Å². The lowest BCUT2D eigenvalue weighted by molar-refractivity contribution is -0.148. The number of esters is 1. The van der Waals surface area contributed by atoms with Crippen molar-refractivity contribution < 1.29 is 32.3 Å². The van der Waals surface area contributed by atoms with Crippen LogP contribution in [0, 0.1) is 0 Å². The molecule has 2 heterocycles. The van der Waals surface area contributed by atoms with Crippen LogP contribution in [0.3, 0.4) is 0 Å². The fourth-order valence-electron chi connectivity index (χ4n) is 4.96. The molecule has 0 aliphatic carbocycles. The van der Waals surface area contributed by atoms with Crippen LogP contribution in [0.4, 0.5) is 24.5 Å². The number of hydrogen-bond acceptors (Lipinski definition) is 7. The lowest BCUT2D eigenvalue weighted by Crippen LogP contribution is -2.55. The van der Waals surface area contributed by atoms with Crippen molar-refractivity contribution in [3.05, 3.63) is 59.2 Å². The van der Waals surface area contributed by atoms with Gasteiger partial charge in [-0.1, -0.05) is 25.0 Å². The van der Waals surface area contributed by atoms with Gasteiger partial charge in [0, 0.05) is 37.9 Å². The number of nitrogens with two attached hydrogens (primary N) is 1. The monoisotopic (exact) mass is 532 g/mol. The molecule has 0 aromatic heterocycles. The number of nitrogen functional groups attached to an aromatic ring is 1. The van der Waals surface area contributed by atoms with Gasteiger partial charge in [0.1, 0.15) is 0 Å². The lowest BCUT2D eigenvalue weighted by Gasteiger charge is -2.42. The average molecular weight is 533 g/mol. The van der Waals surface area contributed by atoms with Crippen molar-refractivity contribution in [2.75, 3.05) is 43.4 Å². The molecular weight excluding hydrogens is 501 g/mol. The van der Waals surface area contributed by atoms with E-state index in [0.717, 1.165) is 31.9 Å². The van der Waals surface area contributed by atoms with Crippen molar-refractivity contribution in [1.29, 1.82) is 0 Å². The summed E-state index contributed by atoms with van der Waals surface area (Å²) in [7, 11) is 0. The fourth-order valence-corrected chi connectivity index (χ4v) is 4.96. The van der Waals surface area contributed by atoms with Crippen LogP contribution in [-0.2, 0) is 15.7 Å². The highest BCUT2D eigenvalue weighted by atomic mass is 19.4. The van der Waals surface area contributed by atoms with Crippen LogP contribution in [0.25, 0.3) is 0 Å². The Balaban J connectivity index is 1.25. The smallest absolute Gasteiger partial charge is 0.418 e. The van der Waals surface area contributed by atoms with Crippen LogP contribution in [0.1, 0.15) is 58.9 Å². The summed E-state index contributed by atoms with van der Waals surface area (Å²) in [5, 5.41) is 0. The van der Waals surface area contributed by atoms with E-state index in [4.69, 9.17) is 10.5 Å². The van der Waals surface area contributed by atoms with Gasteiger partial charge >= 0.3 is 12.1 Å². The van der Waals surface area contributed by atoms with E-state index >= 15 is 0 Å². The number of alkyl halides is 3. The molecule has 2 aliphatic rings. The van der Waals surface area contributed by atoms with Gasteiger partial charge in [-0.05, 0) is 49.7 Å². The third kappa shape index (κ3) is 6.09. The molecule has 1 saturated heterocycles. The second-order valence-electron chi connectivity index (χ2n) is 9.55. The molecule has 38 heavy (non-hydrogen) atoms.